The average Bonchev–Trinajstić information content (AvgIpc) is 2.41. The maximum Gasteiger partial charge on any atom is 0.451 e. The van der Waals surface area contributed by atoms with Crippen molar-refractivity contribution in [2.75, 3.05) is 19.6 Å². The Morgan fingerprint density at radius 1 is 1.33 bits per heavy atom. The number of nitrogens with two attached hydrogens (primary N) is 1. The van der Waals surface area contributed by atoms with Gasteiger partial charge in [-0.05, 0) is 38.5 Å². The largest absolute Gasteiger partial charge is 0.480 e. The number of rotatable bonds is 9. The number of β-amino-alcohol motifs (C(OH)–C–C–N with tert-alkyl or cyclic N) is 1. The number of piperidine rings is 1. The van der Waals surface area contributed by atoms with E-state index in [1.54, 1.807) is 0 Å². The second-order valence-corrected chi connectivity index (χ2v) is 6.03. The summed E-state index contributed by atoms with van der Waals surface area (Å²) in [7, 11) is -1.35. The Morgan fingerprint density at radius 2 is 2.05 bits per heavy atom. The molecule has 122 valence electrons. The molecule has 0 aromatic rings. The van der Waals surface area contributed by atoms with Crippen LogP contribution in [0.2, 0.25) is 6.32 Å². The molecule has 1 rings (SSSR count). The number of hydrogen-bond donors (Lipinski definition) is 5. The molecule has 0 spiro atoms. The van der Waals surface area contributed by atoms with Gasteiger partial charge >= 0.3 is 13.1 Å². The molecule has 0 aliphatic carbocycles. The molecule has 8 heteroatoms. The fourth-order valence-electron chi connectivity index (χ4n) is 2.70. The van der Waals surface area contributed by atoms with Crippen molar-refractivity contribution in [1.82, 2.24) is 4.90 Å². The highest BCUT2D eigenvalue weighted by molar-refractivity contribution is 6.40. The number of likely N-dealkylation sites (tertiary alicyclic amines) is 1. The molecule has 0 aromatic heterocycles. The van der Waals surface area contributed by atoms with Gasteiger partial charge in [-0.1, -0.05) is 12.8 Å². The first-order valence-corrected chi connectivity index (χ1v) is 7.62. The van der Waals surface area contributed by atoms with Crippen molar-refractivity contribution in [3.63, 3.8) is 0 Å². The molecule has 0 aromatic carbocycles. The molecule has 1 heterocycles. The van der Waals surface area contributed by atoms with Crippen molar-refractivity contribution in [3.05, 3.63) is 0 Å². The van der Waals surface area contributed by atoms with E-state index in [-0.39, 0.29) is 12.4 Å². The smallest absolute Gasteiger partial charge is 0.451 e. The van der Waals surface area contributed by atoms with Gasteiger partial charge in [0, 0.05) is 13.1 Å². The van der Waals surface area contributed by atoms with Crippen LogP contribution in [0.3, 0.4) is 0 Å². The number of carbonyl (C=O) groups is 1. The third-order valence-corrected chi connectivity index (χ3v) is 4.12. The van der Waals surface area contributed by atoms with Crippen LogP contribution in [0.1, 0.15) is 38.5 Å². The highest BCUT2D eigenvalue weighted by Crippen LogP contribution is 2.19. The Morgan fingerprint density at radius 3 is 2.62 bits per heavy atom. The Bertz CT molecular complexity index is 332. The van der Waals surface area contributed by atoms with Gasteiger partial charge in [-0.25, -0.2) is 0 Å². The van der Waals surface area contributed by atoms with Crippen LogP contribution >= 0.6 is 0 Å². The Hall–Kier alpha value is -0.665. The van der Waals surface area contributed by atoms with Crippen molar-refractivity contribution in [2.45, 2.75) is 56.5 Å². The summed E-state index contributed by atoms with van der Waals surface area (Å²) >= 11 is 0. The molecule has 6 N–H and O–H groups in total. The van der Waals surface area contributed by atoms with E-state index in [0.717, 1.165) is 19.4 Å². The number of carboxylic acid groups (broad SMARTS) is 1. The van der Waals surface area contributed by atoms with Crippen molar-refractivity contribution >= 4 is 13.1 Å². The van der Waals surface area contributed by atoms with E-state index in [2.05, 4.69) is 4.90 Å². The standard InChI is InChI=1S/C13H27BN2O5/c15-13(12(18)19,5-1-2-7-14(20)21)6-9-16-8-3-4-11(17)10-16/h11,17,20-21H,1-10,15H2,(H,18,19). The second-order valence-electron chi connectivity index (χ2n) is 6.03. The molecule has 2 unspecified atom stereocenters. The predicted octanol–water partition coefficient (Wildman–Crippen LogP) is -0.742. The molecule has 1 saturated heterocycles. The van der Waals surface area contributed by atoms with E-state index in [1.165, 1.54) is 0 Å². The summed E-state index contributed by atoms with van der Waals surface area (Å²) < 4.78 is 0. The van der Waals surface area contributed by atoms with Gasteiger partial charge < -0.3 is 30.9 Å². The van der Waals surface area contributed by atoms with E-state index < -0.39 is 18.6 Å². The molecule has 0 radical (unpaired) electrons. The van der Waals surface area contributed by atoms with Crippen LogP contribution in [0.15, 0.2) is 0 Å². The van der Waals surface area contributed by atoms with Crippen LogP contribution in [-0.4, -0.2) is 69.5 Å². The van der Waals surface area contributed by atoms with Crippen molar-refractivity contribution < 1.29 is 25.1 Å². The van der Waals surface area contributed by atoms with Gasteiger partial charge in [-0.2, -0.15) is 0 Å². The number of aliphatic carboxylic acids is 1. The van der Waals surface area contributed by atoms with Crippen molar-refractivity contribution in [2.24, 2.45) is 5.73 Å². The summed E-state index contributed by atoms with van der Waals surface area (Å²) in [5.74, 6) is -1.02. The first-order valence-electron chi connectivity index (χ1n) is 7.62. The summed E-state index contributed by atoms with van der Waals surface area (Å²) in [4.78, 5) is 13.4. The van der Waals surface area contributed by atoms with Crippen LogP contribution in [-0.2, 0) is 4.79 Å². The first-order chi connectivity index (χ1) is 9.83. The number of unbranched alkanes of at least 4 members (excludes halogenated alkanes) is 1. The molecule has 0 amide bonds. The fourth-order valence-corrected chi connectivity index (χ4v) is 2.70. The van der Waals surface area contributed by atoms with Crippen LogP contribution in [0.4, 0.5) is 0 Å². The average molecular weight is 302 g/mol. The molecule has 1 fully saturated rings. The number of nitrogens with zero attached hydrogens (tertiary/aromatic N) is 1. The monoisotopic (exact) mass is 302 g/mol. The van der Waals surface area contributed by atoms with Crippen LogP contribution in [0.25, 0.3) is 0 Å². The normalized spacial score (nSPS) is 22.8. The third kappa shape index (κ3) is 6.75. The lowest BCUT2D eigenvalue weighted by Crippen LogP contribution is -2.51. The van der Waals surface area contributed by atoms with Gasteiger partial charge in [0.1, 0.15) is 5.54 Å². The van der Waals surface area contributed by atoms with Crippen LogP contribution in [0.5, 0.6) is 0 Å². The van der Waals surface area contributed by atoms with Gasteiger partial charge in [0.25, 0.3) is 0 Å². The van der Waals surface area contributed by atoms with Crippen molar-refractivity contribution in [1.29, 1.82) is 0 Å². The summed E-state index contributed by atoms with van der Waals surface area (Å²) in [5, 5.41) is 36.5. The van der Waals surface area contributed by atoms with E-state index in [9.17, 15) is 15.0 Å². The van der Waals surface area contributed by atoms with E-state index in [1.807, 2.05) is 0 Å². The summed E-state index contributed by atoms with van der Waals surface area (Å²) in [6.07, 6.45) is 3.33. The molecule has 1 aliphatic heterocycles. The van der Waals surface area contributed by atoms with Gasteiger partial charge in [0.2, 0.25) is 0 Å². The van der Waals surface area contributed by atoms with Crippen LogP contribution < -0.4 is 5.73 Å². The minimum absolute atomic E-state index is 0.230. The number of aliphatic hydroxyl groups is 1. The van der Waals surface area contributed by atoms with Gasteiger partial charge in [-0.15, -0.1) is 0 Å². The maximum atomic E-state index is 11.4. The number of hydrogen-bond acceptors (Lipinski definition) is 6. The van der Waals surface area contributed by atoms with Crippen LogP contribution in [0, 0.1) is 0 Å². The number of aliphatic hydroxyl groups excluding tert-OH is 1. The Balaban J connectivity index is 2.38. The molecule has 2 atom stereocenters. The van der Waals surface area contributed by atoms with Gasteiger partial charge in [0.05, 0.1) is 6.10 Å². The second kappa shape index (κ2) is 8.70. The molecular formula is C13H27BN2O5. The van der Waals surface area contributed by atoms with E-state index >= 15 is 0 Å². The summed E-state index contributed by atoms with van der Waals surface area (Å²) in [5.41, 5.74) is 4.71. The Kier molecular flexibility index (Phi) is 7.62. The first kappa shape index (κ1) is 18.4. The molecule has 21 heavy (non-hydrogen) atoms. The lowest BCUT2D eigenvalue weighted by molar-refractivity contribution is -0.144. The molecule has 7 nitrogen and oxygen atoms in total. The molecule has 0 bridgehead atoms. The highest BCUT2D eigenvalue weighted by Gasteiger charge is 2.34. The SMILES string of the molecule is NC(CCCCB(O)O)(CCN1CCCC(O)C1)C(=O)O. The minimum Gasteiger partial charge on any atom is -0.480 e. The number of carboxylic acids is 1. The zero-order valence-corrected chi connectivity index (χ0v) is 12.4. The third-order valence-electron chi connectivity index (χ3n) is 4.12. The highest BCUT2D eigenvalue weighted by atomic mass is 16.4. The van der Waals surface area contributed by atoms with E-state index in [4.69, 9.17) is 15.8 Å². The fraction of sp³-hybridized carbons (Fsp3) is 0.923. The minimum atomic E-state index is -1.35. The lowest BCUT2D eigenvalue weighted by atomic mass is 9.81. The predicted molar refractivity (Wildman–Crippen MR) is 79.7 cm³/mol. The zero-order valence-electron chi connectivity index (χ0n) is 12.4. The topological polar surface area (TPSA) is 127 Å². The van der Waals surface area contributed by atoms with Gasteiger partial charge in [-0.3, -0.25) is 4.79 Å². The molecular weight excluding hydrogens is 275 g/mol. The Labute approximate surface area is 125 Å². The molecule has 1 aliphatic rings. The lowest BCUT2D eigenvalue weighted by Gasteiger charge is -2.33. The zero-order chi connectivity index (χ0) is 15.9. The van der Waals surface area contributed by atoms with Gasteiger partial charge in [0.15, 0.2) is 0 Å². The summed E-state index contributed by atoms with van der Waals surface area (Å²) in [6, 6.07) is 0. The van der Waals surface area contributed by atoms with Crippen molar-refractivity contribution in [3.8, 4) is 0 Å². The maximum absolute atomic E-state index is 11.4. The summed E-state index contributed by atoms with van der Waals surface area (Å²) in [6.45, 7) is 2.00. The van der Waals surface area contributed by atoms with E-state index in [0.29, 0.717) is 38.8 Å². The quantitative estimate of drug-likeness (QED) is 0.280. The molecule has 0 saturated carbocycles.